The van der Waals surface area contributed by atoms with Crippen LogP contribution >= 0.6 is 0 Å². The quantitative estimate of drug-likeness (QED) is 0.510. The van der Waals surface area contributed by atoms with Crippen molar-refractivity contribution in [3.63, 3.8) is 0 Å². The Morgan fingerprint density at radius 2 is 2.42 bits per heavy atom. The average Bonchev–Trinajstić information content (AvgIpc) is 2.92. The number of aliphatic hydroxyl groups excluding tert-OH is 2. The van der Waals surface area contributed by atoms with Crippen LogP contribution in [-0.2, 0) is 4.74 Å². The number of hydrogen-bond acceptors (Lipinski definition) is 7. The molecule has 0 amide bonds. The first kappa shape index (κ1) is 12.1. The fourth-order valence-electron chi connectivity index (χ4n) is 2.20. The molecule has 2 aromatic heterocycles. The topological polar surface area (TPSA) is 139 Å². The minimum atomic E-state index is -0.771. The van der Waals surface area contributed by atoms with E-state index in [1.54, 1.807) is 0 Å². The van der Waals surface area contributed by atoms with Gasteiger partial charge in [0.15, 0.2) is 11.2 Å². The molecule has 0 saturated carbocycles. The first-order valence-electron chi connectivity index (χ1n) is 5.77. The number of ether oxygens (including phenoxy) is 1. The maximum absolute atomic E-state index is 11.6. The summed E-state index contributed by atoms with van der Waals surface area (Å²) in [7, 11) is 0. The van der Waals surface area contributed by atoms with Gasteiger partial charge in [0, 0.05) is 6.42 Å². The number of imidazole rings is 1. The fraction of sp³-hybridized carbons (Fsp3) is 0.500. The van der Waals surface area contributed by atoms with Crippen molar-refractivity contribution in [2.75, 3.05) is 12.3 Å². The van der Waals surface area contributed by atoms with Gasteiger partial charge < -0.3 is 20.7 Å². The third kappa shape index (κ3) is 1.87. The van der Waals surface area contributed by atoms with Crippen LogP contribution in [0.3, 0.4) is 0 Å². The Morgan fingerprint density at radius 3 is 3.11 bits per heavy atom. The zero-order valence-corrected chi connectivity index (χ0v) is 9.85. The molecule has 0 aromatic carbocycles. The van der Waals surface area contributed by atoms with Gasteiger partial charge in [0.1, 0.15) is 12.3 Å². The molecule has 3 atom stereocenters. The Balaban J connectivity index is 2.05. The molecule has 19 heavy (non-hydrogen) atoms. The normalized spacial score (nSPS) is 27.2. The number of nitrogens with zero attached hydrogens (tertiary/aromatic N) is 3. The number of nitrogen functional groups attached to an aromatic ring is 1. The van der Waals surface area contributed by atoms with Gasteiger partial charge in [-0.05, 0) is 0 Å². The van der Waals surface area contributed by atoms with Crippen molar-refractivity contribution in [3.8, 4) is 0 Å². The number of anilines is 1. The first-order valence-corrected chi connectivity index (χ1v) is 5.77. The molecule has 1 aliphatic rings. The summed E-state index contributed by atoms with van der Waals surface area (Å²) in [5.74, 6) is -0.0171. The zero-order chi connectivity index (χ0) is 13.6. The molecule has 1 saturated heterocycles. The number of hydrogen-bond donors (Lipinski definition) is 4. The van der Waals surface area contributed by atoms with E-state index in [1.807, 2.05) is 0 Å². The Morgan fingerprint density at radius 1 is 1.63 bits per heavy atom. The van der Waals surface area contributed by atoms with Gasteiger partial charge in [0.2, 0.25) is 5.95 Å². The molecule has 9 nitrogen and oxygen atoms in total. The monoisotopic (exact) mass is 267 g/mol. The van der Waals surface area contributed by atoms with Crippen LogP contribution < -0.4 is 11.3 Å². The molecule has 5 N–H and O–H groups in total. The summed E-state index contributed by atoms with van der Waals surface area (Å²) in [6, 6.07) is 0. The highest BCUT2D eigenvalue weighted by molar-refractivity contribution is 5.70. The van der Waals surface area contributed by atoms with Crippen molar-refractivity contribution in [3.05, 3.63) is 16.7 Å². The third-order valence-electron chi connectivity index (χ3n) is 3.15. The van der Waals surface area contributed by atoms with E-state index in [-0.39, 0.29) is 30.1 Å². The predicted octanol–water partition coefficient (Wildman–Crippen LogP) is -1.66. The van der Waals surface area contributed by atoms with Crippen LogP contribution in [0.5, 0.6) is 0 Å². The van der Waals surface area contributed by atoms with Crippen molar-refractivity contribution in [1.82, 2.24) is 19.5 Å². The Kier molecular flexibility index (Phi) is 2.73. The molecule has 3 heterocycles. The summed E-state index contributed by atoms with van der Waals surface area (Å²) >= 11 is 0. The summed E-state index contributed by atoms with van der Waals surface area (Å²) in [5, 5.41) is 18.8. The summed E-state index contributed by atoms with van der Waals surface area (Å²) in [5.41, 5.74) is 5.50. The summed E-state index contributed by atoms with van der Waals surface area (Å²) < 4.78 is 7.01. The lowest BCUT2D eigenvalue weighted by atomic mass is 10.2. The number of aliphatic hydroxyl groups is 2. The van der Waals surface area contributed by atoms with Gasteiger partial charge in [0.25, 0.3) is 5.56 Å². The van der Waals surface area contributed by atoms with E-state index >= 15 is 0 Å². The summed E-state index contributed by atoms with van der Waals surface area (Å²) in [6.45, 7) is -0.277. The van der Waals surface area contributed by atoms with Gasteiger partial charge in [-0.25, -0.2) is 4.98 Å². The highest BCUT2D eigenvalue weighted by Crippen LogP contribution is 2.30. The van der Waals surface area contributed by atoms with Crippen LogP contribution in [-0.4, -0.2) is 48.5 Å². The van der Waals surface area contributed by atoms with E-state index in [0.717, 1.165) is 0 Å². The van der Waals surface area contributed by atoms with Crippen molar-refractivity contribution in [2.24, 2.45) is 0 Å². The standard InChI is InChI=1S/C10H13N5O4/c11-10-13-8-7(9(18)14-10)12-3-15(8)6-1-4(17)5(2-16)19-6/h3-6,16-17H,1-2H2,(H3,11,13,14,18)/t4-,5-,6-/m0/s1. The van der Waals surface area contributed by atoms with Crippen molar-refractivity contribution in [2.45, 2.75) is 24.9 Å². The van der Waals surface area contributed by atoms with E-state index in [1.165, 1.54) is 10.9 Å². The van der Waals surface area contributed by atoms with E-state index in [9.17, 15) is 9.90 Å². The van der Waals surface area contributed by atoms with Crippen molar-refractivity contribution >= 4 is 17.1 Å². The van der Waals surface area contributed by atoms with E-state index < -0.39 is 24.0 Å². The van der Waals surface area contributed by atoms with E-state index in [4.69, 9.17) is 15.6 Å². The highest BCUT2D eigenvalue weighted by Gasteiger charge is 2.35. The van der Waals surface area contributed by atoms with Gasteiger partial charge >= 0.3 is 0 Å². The molecular weight excluding hydrogens is 254 g/mol. The van der Waals surface area contributed by atoms with Crippen LogP contribution in [0.2, 0.25) is 0 Å². The van der Waals surface area contributed by atoms with Crippen LogP contribution in [0, 0.1) is 0 Å². The van der Waals surface area contributed by atoms with Crippen molar-refractivity contribution in [1.29, 1.82) is 0 Å². The largest absolute Gasteiger partial charge is 0.394 e. The second-order valence-corrected chi connectivity index (χ2v) is 4.39. The molecule has 0 radical (unpaired) electrons. The first-order chi connectivity index (χ1) is 9.10. The van der Waals surface area contributed by atoms with Crippen LogP contribution in [0.1, 0.15) is 12.6 Å². The number of aromatic nitrogens is 4. The minimum Gasteiger partial charge on any atom is -0.394 e. The molecule has 2 aromatic rings. The fourth-order valence-corrected chi connectivity index (χ4v) is 2.20. The Labute approximate surface area is 106 Å². The van der Waals surface area contributed by atoms with Crippen LogP contribution in [0.25, 0.3) is 11.2 Å². The van der Waals surface area contributed by atoms with Crippen LogP contribution in [0.15, 0.2) is 11.1 Å². The molecule has 0 spiro atoms. The number of rotatable bonds is 2. The Hall–Kier alpha value is -1.97. The second kappa shape index (κ2) is 4.30. The van der Waals surface area contributed by atoms with Gasteiger partial charge in [-0.15, -0.1) is 0 Å². The Bertz CT molecular complexity index is 665. The lowest BCUT2D eigenvalue weighted by molar-refractivity contribution is -0.0432. The van der Waals surface area contributed by atoms with E-state index in [2.05, 4.69) is 15.0 Å². The maximum Gasteiger partial charge on any atom is 0.280 e. The van der Waals surface area contributed by atoms with Gasteiger partial charge in [-0.1, -0.05) is 0 Å². The predicted molar refractivity (Wildman–Crippen MR) is 64.2 cm³/mol. The number of H-pyrrole nitrogens is 1. The van der Waals surface area contributed by atoms with Crippen molar-refractivity contribution < 1.29 is 14.9 Å². The smallest absolute Gasteiger partial charge is 0.280 e. The average molecular weight is 267 g/mol. The van der Waals surface area contributed by atoms with Gasteiger partial charge in [0.05, 0.1) is 19.0 Å². The molecule has 102 valence electrons. The molecule has 0 bridgehead atoms. The molecule has 0 unspecified atom stereocenters. The molecule has 9 heteroatoms. The zero-order valence-electron chi connectivity index (χ0n) is 9.85. The molecular formula is C10H13N5O4. The van der Waals surface area contributed by atoms with Gasteiger partial charge in [-0.3, -0.25) is 14.3 Å². The maximum atomic E-state index is 11.6. The lowest BCUT2D eigenvalue weighted by Gasteiger charge is -2.13. The molecule has 0 aliphatic carbocycles. The number of fused-ring (bicyclic) bond motifs is 1. The third-order valence-corrected chi connectivity index (χ3v) is 3.15. The molecule has 3 rings (SSSR count). The van der Waals surface area contributed by atoms with Gasteiger partial charge in [-0.2, -0.15) is 4.98 Å². The SMILES string of the molecule is Nc1nc2c(ncn2[C@@H]2C[C@H](O)[C@H](CO)O2)c(=O)[nH]1. The minimum absolute atomic E-state index is 0.0171. The van der Waals surface area contributed by atoms with E-state index in [0.29, 0.717) is 0 Å². The van der Waals surface area contributed by atoms with Crippen LogP contribution in [0.4, 0.5) is 5.95 Å². The molecule has 1 fully saturated rings. The number of nitrogens with two attached hydrogens (primary N) is 1. The second-order valence-electron chi connectivity index (χ2n) is 4.39. The molecule has 1 aliphatic heterocycles. The summed E-state index contributed by atoms with van der Waals surface area (Å²) in [6.07, 6.45) is -0.270. The number of aromatic amines is 1. The highest BCUT2D eigenvalue weighted by atomic mass is 16.5. The number of nitrogens with one attached hydrogen (secondary N) is 1. The summed E-state index contributed by atoms with van der Waals surface area (Å²) in [4.78, 5) is 22.0. The lowest BCUT2D eigenvalue weighted by Crippen LogP contribution is -2.24.